The monoisotopic (exact) mass is 419 g/mol. The lowest BCUT2D eigenvalue weighted by Crippen LogP contribution is -2.72. The molecule has 2 bridgehead atoms. The van der Waals surface area contributed by atoms with Crippen molar-refractivity contribution in [2.24, 2.45) is 11.1 Å². The van der Waals surface area contributed by atoms with E-state index in [0.717, 1.165) is 18.9 Å². The number of ether oxygens (including phenoxy) is 1. The van der Waals surface area contributed by atoms with Crippen LogP contribution in [0, 0.1) is 11.2 Å². The number of benzene rings is 1. The lowest BCUT2D eigenvalue weighted by atomic mass is 9.55. The molecule has 3 N–H and O–H groups in total. The van der Waals surface area contributed by atoms with Crippen LogP contribution in [0.15, 0.2) is 17.1 Å². The molecule has 2 aliphatic carbocycles. The number of methoxy groups -OCH3 is 1. The van der Waals surface area contributed by atoms with Crippen LogP contribution in [0.1, 0.15) is 42.1 Å². The summed E-state index contributed by atoms with van der Waals surface area (Å²) in [4.78, 5) is 26.1. The quantitative estimate of drug-likeness (QED) is 0.773. The van der Waals surface area contributed by atoms with Crippen LogP contribution >= 0.6 is 0 Å². The summed E-state index contributed by atoms with van der Waals surface area (Å²) in [6, 6.07) is 1.10. The zero-order valence-corrected chi connectivity index (χ0v) is 16.6. The number of rotatable bonds is 5. The average molecular weight is 419 g/mol. The Morgan fingerprint density at radius 2 is 2.07 bits per heavy atom. The summed E-state index contributed by atoms with van der Waals surface area (Å²) >= 11 is 0. The van der Waals surface area contributed by atoms with E-state index < -0.39 is 40.4 Å². The molecular weight excluding hydrogens is 396 g/mol. The molecule has 2 aromatic rings. The number of hydrogen-bond donors (Lipinski definition) is 2. The predicted molar refractivity (Wildman–Crippen MR) is 107 cm³/mol. The Morgan fingerprint density at radius 3 is 2.63 bits per heavy atom. The first-order valence-electron chi connectivity index (χ1n) is 9.99. The Hall–Kier alpha value is -2.68. The number of anilines is 1. The number of alkyl halides is 1. The SMILES string of the molecule is COc1c(N2CC3(N)CC(CF)(C2)C3)c(F)cc2c(=O)c(C(=O)O)cn(C3CC3)c12. The molecule has 1 aromatic heterocycles. The van der Waals surface area contributed by atoms with Crippen LogP contribution in [0.25, 0.3) is 10.9 Å². The van der Waals surface area contributed by atoms with Gasteiger partial charge in [0.25, 0.3) is 0 Å². The van der Waals surface area contributed by atoms with E-state index in [4.69, 9.17) is 10.5 Å². The van der Waals surface area contributed by atoms with Gasteiger partial charge in [-0.25, -0.2) is 9.18 Å². The summed E-state index contributed by atoms with van der Waals surface area (Å²) in [5.74, 6) is -1.91. The van der Waals surface area contributed by atoms with Gasteiger partial charge in [-0.05, 0) is 31.7 Å². The molecule has 0 unspecified atom stereocenters. The molecule has 6 rings (SSSR count). The Morgan fingerprint density at radius 1 is 1.37 bits per heavy atom. The van der Waals surface area contributed by atoms with Gasteiger partial charge < -0.3 is 25.0 Å². The number of nitrogens with two attached hydrogens (primary N) is 1. The van der Waals surface area contributed by atoms with Gasteiger partial charge in [0, 0.05) is 36.3 Å². The van der Waals surface area contributed by atoms with Crippen molar-refractivity contribution >= 4 is 22.6 Å². The molecule has 2 saturated heterocycles. The Labute approximate surface area is 171 Å². The number of halogens is 2. The van der Waals surface area contributed by atoms with E-state index in [1.165, 1.54) is 13.3 Å². The van der Waals surface area contributed by atoms with Crippen LogP contribution in [-0.2, 0) is 0 Å². The van der Waals surface area contributed by atoms with E-state index in [0.29, 0.717) is 31.4 Å². The maximum Gasteiger partial charge on any atom is 0.341 e. The third-order valence-corrected chi connectivity index (χ3v) is 6.66. The standard InChI is InChI=1S/C21H23F2N3O4/c1-30-18-15-12(17(27)13(19(28)29)5-26(15)11-2-3-11)4-14(23)16(18)25-9-20(8-22)6-21(24,7-20)10-25/h4-5,11H,2-3,6-10,24H2,1H3,(H,28,29). The Bertz CT molecular complexity index is 1140. The molecule has 2 aliphatic heterocycles. The van der Waals surface area contributed by atoms with Gasteiger partial charge in [0.2, 0.25) is 5.43 Å². The van der Waals surface area contributed by atoms with Crippen molar-refractivity contribution in [3.63, 3.8) is 0 Å². The number of aromatic carboxylic acids is 1. The Kier molecular flexibility index (Phi) is 3.96. The fourth-order valence-electron chi connectivity index (χ4n) is 5.53. The van der Waals surface area contributed by atoms with Crippen molar-refractivity contribution in [1.82, 2.24) is 4.57 Å². The van der Waals surface area contributed by atoms with Crippen molar-refractivity contribution in [2.75, 3.05) is 31.8 Å². The topological polar surface area (TPSA) is 97.8 Å². The van der Waals surface area contributed by atoms with E-state index in [-0.39, 0.29) is 22.9 Å². The molecule has 0 amide bonds. The van der Waals surface area contributed by atoms with Crippen LogP contribution in [0.4, 0.5) is 14.5 Å². The highest BCUT2D eigenvalue weighted by atomic mass is 19.1. The number of carboxylic acid groups (broad SMARTS) is 1. The minimum Gasteiger partial charge on any atom is -0.492 e. The second-order valence-electron chi connectivity index (χ2n) is 9.16. The smallest absolute Gasteiger partial charge is 0.341 e. The second-order valence-corrected chi connectivity index (χ2v) is 9.16. The van der Waals surface area contributed by atoms with Gasteiger partial charge in [0.1, 0.15) is 11.3 Å². The molecule has 4 aliphatic rings. The molecule has 160 valence electrons. The minimum absolute atomic E-state index is 0.0196. The number of carbonyl (C=O) groups is 1. The molecule has 4 fully saturated rings. The summed E-state index contributed by atoms with van der Waals surface area (Å²) < 4.78 is 36.4. The van der Waals surface area contributed by atoms with E-state index in [9.17, 15) is 19.1 Å². The normalized spacial score (nSPS) is 27.8. The van der Waals surface area contributed by atoms with Crippen molar-refractivity contribution in [1.29, 1.82) is 0 Å². The zero-order valence-electron chi connectivity index (χ0n) is 16.6. The fraction of sp³-hybridized carbons (Fsp3) is 0.524. The molecule has 9 heteroatoms. The number of carboxylic acids is 1. The highest BCUT2D eigenvalue weighted by Gasteiger charge is 2.58. The van der Waals surface area contributed by atoms with E-state index in [1.807, 2.05) is 0 Å². The molecule has 0 radical (unpaired) electrons. The molecule has 7 nitrogen and oxygen atoms in total. The van der Waals surface area contributed by atoms with E-state index in [1.54, 1.807) is 9.47 Å². The van der Waals surface area contributed by atoms with Crippen LogP contribution in [0.3, 0.4) is 0 Å². The van der Waals surface area contributed by atoms with E-state index >= 15 is 4.39 Å². The van der Waals surface area contributed by atoms with Crippen molar-refractivity contribution in [2.45, 2.75) is 37.3 Å². The van der Waals surface area contributed by atoms with Gasteiger partial charge in [0.15, 0.2) is 11.6 Å². The van der Waals surface area contributed by atoms with Gasteiger partial charge in [-0.1, -0.05) is 0 Å². The van der Waals surface area contributed by atoms with Crippen molar-refractivity contribution < 1.29 is 23.4 Å². The molecule has 0 atom stereocenters. The lowest BCUT2D eigenvalue weighted by molar-refractivity contribution is -0.0149. The summed E-state index contributed by atoms with van der Waals surface area (Å²) in [6.07, 6.45) is 4.08. The minimum atomic E-state index is -1.36. The summed E-state index contributed by atoms with van der Waals surface area (Å²) in [7, 11) is 1.39. The first-order valence-corrected chi connectivity index (χ1v) is 9.99. The van der Waals surface area contributed by atoms with Gasteiger partial charge in [-0.2, -0.15) is 0 Å². The zero-order chi connectivity index (χ0) is 21.4. The van der Waals surface area contributed by atoms with Gasteiger partial charge in [-0.15, -0.1) is 0 Å². The number of nitrogens with zero attached hydrogens (tertiary/aromatic N) is 2. The van der Waals surface area contributed by atoms with Crippen molar-refractivity contribution in [3.05, 3.63) is 33.9 Å². The first kappa shape index (κ1) is 19.3. The van der Waals surface area contributed by atoms with Crippen LogP contribution in [0.2, 0.25) is 0 Å². The third-order valence-electron chi connectivity index (χ3n) is 6.66. The number of pyridine rings is 1. The highest BCUT2D eigenvalue weighted by molar-refractivity contribution is 5.97. The predicted octanol–water partition coefficient (Wildman–Crippen LogP) is 2.45. The molecule has 0 spiro atoms. The van der Waals surface area contributed by atoms with Gasteiger partial charge in [0.05, 0.1) is 24.7 Å². The van der Waals surface area contributed by atoms with Gasteiger partial charge in [-0.3, -0.25) is 9.18 Å². The number of piperidine rings is 2. The lowest BCUT2D eigenvalue weighted by Gasteiger charge is -2.61. The molecular formula is C21H23F2N3O4. The number of aromatic nitrogens is 1. The molecule has 3 heterocycles. The second kappa shape index (κ2) is 6.16. The van der Waals surface area contributed by atoms with Crippen molar-refractivity contribution in [3.8, 4) is 5.75 Å². The maximum atomic E-state index is 15.4. The molecule has 1 aromatic carbocycles. The molecule has 2 saturated carbocycles. The fourth-order valence-corrected chi connectivity index (χ4v) is 5.53. The molecule has 30 heavy (non-hydrogen) atoms. The largest absolute Gasteiger partial charge is 0.492 e. The van der Waals surface area contributed by atoms with Crippen LogP contribution in [-0.4, -0.2) is 48.1 Å². The summed E-state index contributed by atoms with van der Waals surface area (Å²) in [5, 5.41) is 9.39. The number of hydrogen-bond acceptors (Lipinski definition) is 5. The van der Waals surface area contributed by atoms with Crippen LogP contribution in [0.5, 0.6) is 5.75 Å². The summed E-state index contributed by atoms with van der Waals surface area (Å²) in [5.41, 5.74) is 4.54. The highest BCUT2D eigenvalue weighted by Crippen LogP contribution is 2.54. The summed E-state index contributed by atoms with van der Waals surface area (Å²) in [6.45, 7) is 0.130. The third kappa shape index (κ3) is 2.64. The van der Waals surface area contributed by atoms with Crippen LogP contribution < -0.4 is 20.8 Å². The number of fused-ring (bicyclic) bond motifs is 3. The Balaban J connectivity index is 1.76. The van der Waals surface area contributed by atoms with E-state index in [2.05, 4.69) is 0 Å². The average Bonchev–Trinajstić information content (AvgIpc) is 3.51. The van der Waals surface area contributed by atoms with Gasteiger partial charge >= 0.3 is 5.97 Å². The maximum absolute atomic E-state index is 15.4. The first-order chi connectivity index (χ1) is 14.2.